The molecular formula is C14H25N3O2. The average Bonchev–Trinajstić information content (AvgIpc) is 2.38. The molecule has 0 aliphatic carbocycles. The predicted octanol–water partition coefficient (Wildman–Crippen LogP) is 2.80. The minimum absolute atomic E-state index is 0.503. The molecule has 0 amide bonds. The highest BCUT2D eigenvalue weighted by atomic mass is 16.5. The molecule has 0 bridgehead atoms. The van der Waals surface area contributed by atoms with Crippen molar-refractivity contribution in [3.05, 3.63) is 11.9 Å². The van der Waals surface area contributed by atoms with Gasteiger partial charge in [-0.3, -0.25) is 0 Å². The van der Waals surface area contributed by atoms with Gasteiger partial charge in [0.2, 0.25) is 5.88 Å². The Balaban J connectivity index is 2.39. The van der Waals surface area contributed by atoms with E-state index in [0.29, 0.717) is 24.9 Å². The van der Waals surface area contributed by atoms with Crippen molar-refractivity contribution < 1.29 is 9.47 Å². The number of nitrogens with one attached hydrogen (secondary N) is 1. The third-order valence-electron chi connectivity index (χ3n) is 2.69. The molecule has 0 aliphatic rings. The molecule has 5 nitrogen and oxygen atoms in total. The number of aromatic nitrogens is 2. The Kier molecular flexibility index (Phi) is 7.89. The first-order valence-electron chi connectivity index (χ1n) is 6.97. The van der Waals surface area contributed by atoms with Crippen molar-refractivity contribution in [1.29, 1.82) is 0 Å². The summed E-state index contributed by atoms with van der Waals surface area (Å²) in [5.41, 5.74) is 0. The Morgan fingerprint density at radius 1 is 1.16 bits per heavy atom. The molecular weight excluding hydrogens is 242 g/mol. The van der Waals surface area contributed by atoms with Crippen LogP contribution in [-0.2, 0) is 4.74 Å². The van der Waals surface area contributed by atoms with Gasteiger partial charge >= 0.3 is 0 Å². The number of methoxy groups -OCH3 is 1. The fraction of sp³-hybridized carbons (Fsp3) is 0.714. The van der Waals surface area contributed by atoms with E-state index in [9.17, 15) is 0 Å². The zero-order chi connectivity index (χ0) is 13.9. The van der Waals surface area contributed by atoms with Crippen LogP contribution in [0.1, 0.15) is 38.4 Å². The highest BCUT2D eigenvalue weighted by Gasteiger charge is 2.02. The largest absolute Gasteiger partial charge is 0.475 e. The second-order valence-electron chi connectivity index (χ2n) is 4.47. The zero-order valence-electron chi connectivity index (χ0n) is 12.2. The molecule has 19 heavy (non-hydrogen) atoms. The topological polar surface area (TPSA) is 56.3 Å². The van der Waals surface area contributed by atoms with Crippen LogP contribution in [-0.4, -0.2) is 36.8 Å². The molecule has 108 valence electrons. The van der Waals surface area contributed by atoms with Crippen LogP contribution in [0.15, 0.2) is 6.07 Å². The molecule has 0 radical (unpaired) electrons. The molecule has 0 saturated heterocycles. The lowest BCUT2D eigenvalue weighted by atomic mass is 10.2. The van der Waals surface area contributed by atoms with Gasteiger partial charge in [-0.05, 0) is 13.3 Å². The minimum Gasteiger partial charge on any atom is -0.475 e. The summed E-state index contributed by atoms with van der Waals surface area (Å²) in [7, 11) is 1.65. The monoisotopic (exact) mass is 267 g/mol. The summed E-state index contributed by atoms with van der Waals surface area (Å²) in [5.74, 6) is 2.14. The first kappa shape index (κ1) is 15.7. The van der Waals surface area contributed by atoms with Crippen molar-refractivity contribution >= 4 is 5.82 Å². The van der Waals surface area contributed by atoms with Crippen molar-refractivity contribution in [3.8, 4) is 5.88 Å². The number of rotatable bonds is 10. The predicted molar refractivity (Wildman–Crippen MR) is 76.8 cm³/mol. The molecule has 1 aromatic rings. The van der Waals surface area contributed by atoms with E-state index < -0.39 is 0 Å². The van der Waals surface area contributed by atoms with Gasteiger partial charge in [-0.1, -0.05) is 26.2 Å². The van der Waals surface area contributed by atoms with Crippen LogP contribution in [0.4, 0.5) is 5.82 Å². The molecule has 1 aromatic heterocycles. The first-order chi connectivity index (χ1) is 9.26. The number of unbranched alkanes of at least 4 members (excludes halogenated alkanes) is 3. The van der Waals surface area contributed by atoms with Crippen LogP contribution in [0.25, 0.3) is 0 Å². The number of ether oxygens (including phenoxy) is 2. The molecule has 0 aliphatic heterocycles. The Hall–Kier alpha value is -1.36. The van der Waals surface area contributed by atoms with Gasteiger partial charge in [0, 0.05) is 19.7 Å². The average molecular weight is 267 g/mol. The van der Waals surface area contributed by atoms with Crippen LogP contribution in [0.2, 0.25) is 0 Å². The summed E-state index contributed by atoms with van der Waals surface area (Å²) in [6.07, 6.45) is 4.96. The van der Waals surface area contributed by atoms with Gasteiger partial charge in [-0.2, -0.15) is 4.98 Å². The third-order valence-corrected chi connectivity index (χ3v) is 2.69. The second kappa shape index (κ2) is 9.55. The standard InChI is InChI=1S/C14H25N3O2/c1-4-5-6-7-8-15-13-11-14(17-12(2)16-13)19-10-9-18-3/h11H,4-10H2,1-3H3,(H,15,16,17). The van der Waals surface area contributed by atoms with Crippen LogP contribution < -0.4 is 10.1 Å². The van der Waals surface area contributed by atoms with Crippen molar-refractivity contribution in [2.75, 3.05) is 32.2 Å². The van der Waals surface area contributed by atoms with E-state index in [-0.39, 0.29) is 0 Å². The van der Waals surface area contributed by atoms with Gasteiger partial charge in [-0.25, -0.2) is 4.98 Å². The van der Waals surface area contributed by atoms with Gasteiger partial charge < -0.3 is 14.8 Å². The molecule has 1 rings (SSSR count). The molecule has 0 atom stereocenters. The maximum atomic E-state index is 5.50. The number of anilines is 1. The summed E-state index contributed by atoms with van der Waals surface area (Å²) >= 11 is 0. The summed E-state index contributed by atoms with van der Waals surface area (Å²) in [6.45, 7) is 6.08. The van der Waals surface area contributed by atoms with Gasteiger partial charge in [-0.15, -0.1) is 0 Å². The quantitative estimate of drug-likeness (QED) is 0.661. The van der Waals surface area contributed by atoms with Gasteiger partial charge in [0.25, 0.3) is 0 Å². The van der Waals surface area contributed by atoms with Crippen molar-refractivity contribution in [3.63, 3.8) is 0 Å². The molecule has 0 aromatic carbocycles. The van der Waals surface area contributed by atoms with E-state index in [2.05, 4.69) is 22.2 Å². The second-order valence-corrected chi connectivity index (χ2v) is 4.47. The SMILES string of the molecule is CCCCCCNc1cc(OCCOC)nc(C)n1. The Bertz CT molecular complexity index is 359. The van der Waals surface area contributed by atoms with Gasteiger partial charge in [0.05, 0.1) is 6.61 Å². The lowest BCUT2D eigenvalue weighted by Gasteiger charge is -2.09. The van der Waals surface area contributed by atoms with Gasteiger partial charge in [0.1, 0.15) is 18.2 Å². The molecule has 5 heteroatoms. The van der Waals surface area contributed by atoms with E-state index in [1.54, 1.807) is 7.11 Å². The molecule has 1 N–H and O–H groups in total. The molecule has 0 spiro atoms. The molecule has 0 saturated carbocycles. The number of hydrogen-bond acceptors (Lipinski definition) is 5. The van der Waals surface area contributed by atoms with Crippen molar-refractivity contribution in [2.45, 2.75) is 39.5 Å². The first-order valence-corrected chi connectivity index (χ1v) is 6.97. The molecule has 0 fully saturated rings. The third kappa shape index (κ3) is 6.96. The smallest absolute Gasteiger partial charge is 0.218 e. The number of nitrogens with zero attached hydrogens (tertiary/aromatic N) is 2. The molecule has 0 unspecified atom stereocenters. The van der Waals surface area contributed by atoms with E-state index in [4.69, 9.17) is 9.47 Å². The van der Waals surface area contributed by atoms with Crippen LogP contribution in [0.3, 0.4) is 0 Å². The Labute approximate surface area is 115 Å². The lowest BCUT2D eigenvalue weighted by Crippen LogP contribution is -2.09. The Morgan fingerprint density at radius 3 is 2.74 bits per heavy atom. The fourth-order valence-corrected chi connectivity index (χ4v) is 1.70. The summed E-state index contributed by atoms with van der Waals surface area (Å²) in [6, 6.07) is 1.84. The highest BCUT2D eigenvalue weighted by molar-refractivity contribution is 5.38. The maximum absolute atomic E-state index is 5.50. The summed E-state index contributed by atoms with van der Waals surface area (Å²) in [4.78, 5) is 8.58. The van der Waals surface area contributed by atoms with Gasteiger partial charge in [0.15, 0.2) is 0 Å². The number of hydrogen-bond donors (Lipinski definition) is 1. The normalized spacial score (nSPS) is 10.5. The van der Waals surface area contributed by atoms with Crippen LogP contribution >= 0.6 is 0 Å². The van der Waals surface area contributed by atoms with Crippen LogP contribution in [0.5, 0.6) is 5.88 Å². The summed E-state index contributed by atoms with van der Waals surface area (Å²) < 4.78 is 10.4. The van der Waals surface area contributed by atoms with E-state index in [0.717, 1.165) is 18.8 Å². The molecule has 1 heterocycles. The summed E-state index contributed by atoms with van der Waals surface area (Å²) in [5, 5.41) is 3.31. The van der Waals surface area contributed by atoms with E-state index >= 15 is 0 Å². The van der Waals surface area contributed by atoms with E-state index in [1.165, 1.54) is 19.3 Å². The lowest BCUT2D eigenvalue weighted by molar-refractivity contribution is 0.143. The zero-order valence-corrected chi connectivity index (χ0v) is 12.2. The Morgan fingerprint density at radius 2 is 2.00 bits per heavy atom. The number of aryl methyl sites for hydroxylation is 1. The van der Waals surface area contributed by atoms with Crippen molar-refractivity contribution in [2.24, 2.45) is 0 Å². The van der Waals surface area contributed by atoms with Crippen LogP contribution in [0, 0.1) is 6.92 Å². The minimum atomic E-state index is 0.503. The fourth-order valence-electron chi connectivity index (χ4n) is 1.70. The van der Waals surface area contributed by atoms with Crippen molar-refractivity contribution in [1.82, 2.24) is 9.97 Å². The van der Waals surface area contributed by atoms with E-state index in [1.807, 2.05) is 13.0 Å². The maximum Gasteiger partial charge on any atom is 0.218 e. The highest BCUT2D eigenvalue weighted by Crippen LogP contribution is 2.13.